The summed E-state index contributed by atoms with van der Waals surface area (Å²) in [5.41, 5.74) is 3.58. The van der Waals surface area contributed by atoms with E-state index in [1.165, 1.54) is 19.0 Å². The van der Waals surface area contributed by atoms with Gasteiger partial charge in [-0.25, -0.2) is 0 Å². The number of allylic oxidation sites excluding steroid dienone is 1. The number of hydrogen-bond donors (Lipinski definition) is 0. The molecule has 1 saturated heterocycles. The highest BCUT2D eigenvalue weighted by Gasteiger charge is 2.46. The highest BCUT2D eigenvalue weighted by molar-refractivity contribution is 6.31. The molecule has 2 atom stereocenters. The molecule has 2 unspecified atom stereocenters. The highest BCUT2D eigenvalue weighted by atomic mass is 16.2. The van der Waals surface area contributed by atoms with Crippen molar-refractivity contribution in [2.45, 2.75) is 5.92 Å². The number of piperidine rings is 1. The Morgan fingerprint density at radius 3 is 2.16 bits per heavy atom. The summed E-state index contributed by atoms with van der Waals surface area (Å²) in [5.74, 6) is -1.82. The molecule has 4 aliphatic rings. The smallest absolute Gasteiger partial charge is 0.261 e. The Bertz CT molecular complexity index is 1620. The van der Waals surface area contributed by atoms with Crippen molar-refractivity contribution in [2.24, 2.45) is 5.92 Å². The molecule has 0 spiro atoms. The van der Waals surface area contributed by atoms with Gasteiger partial charge in [0.1, 0.15) is 0 Å². The maximum Gasteiger partial charge on any atom is 0.261 e. The van der Waals surface area contributed by atoms with Crippen molar-refractivity contribution in [3.8, 4) is 0 Å². The first-order chi connectivity index (χ1) is 15.4. The van der Waals surface area contributed by atoms with Crippen LogP contribution in [0.1, 0.15) is 37.8 Å². The second kappa shape index (κ2) is 5.40. The number of rotatable bonds is 0. The fraction of sp³-hybridized carbons (Fsp3) is 0.154. The molecule has 3 aromatic carbocycles. The number of nitrogens with zero attached hydrogens (tertiary/aromatic N) is 2. The number of carbonyl (C=O) groups excluding carboxylic acids is 4. The number of fused-ring (bicyclic) bond motifs is 2. The van der Waals surface area contributed by atoms with E-state index in [0.717, 1.165) is 37.4 Å². The lowest BCUT2D eigenvalue weighted by Crippen LogP contribution is -2.49. The summed E-state index contributed by atoms with van der Waals surface area (Å²) in [6.07, 6.45) is 7.60. The molecule has 6 nitrogen and oxygen atoms in total. The Kier molecular flexibility index (Phi) is 2.97. The summed E-state index contributed by atoms with van der Waals surface area (Å²) in [6, 6.07) is 7.41. The van der Waals surface area contributed by atoms with E-state index >= 15 is 0 Å². The molecule has 2 heterocycles. The fourth-order valence-electron chi connectivity index (χ4n) is 5.95. The quantitative estimate of drug-likeness (QED) is 0.524. The van der Waals surface area contributed by atoms with Crippen LogP contribution in [0.25, 0.3) is 33.7 Å². The summed E-state index contributed by atoms with van der Waals surface area (Å²) in [7, 11) is 3.03. The Balaban J connectivity index is 1.69. The van der Waals surface area contributed by atoms with Crippen LogP contribution in [0.4, 0.5) is 0 Å². The number of amides is 4. The Hall–Kier alpha value is -4.06. The van der Waals surface area contributed by atoms with E-state index in [9.17, 15) is 19.2 Å². The minimum Gasteiger partial charge on any atom is -0.281 e. The lowest BCUT2D eigenvalue weighted by Gasteiger charge is -2.40. The van der Waals surface area contributed by atoms with Crippen molar-refractivity contribution in [3.05, 3.63) is 69.5 Å². The normalized spacial score (nSPS) is 23.1. The molecule has 0 bridgehead atoms. The van der Waals surface area contributed by atoms with E-state index in [1.807, 2.05) is 36.4 Å². The van der Waals surface area contributed by atoms with Crippen LogP contribution in [0.2, 0.25) is 0 Å². The number of likely N-dealkylation sites (tertiary alicyclic amines) is 1. The second-order valence-electron chi connectivity index (χ2n) is 8.84. The molecule has 0 aromatic heterocycles. The molecule has 0 radical (unpaired) electrons. The minimum atomic E-state index is -0.419. The van der Waals surface area contributed by atoms with E-state index < -0.39 is 5.92 Å². The van der Waals surface area contributed by atoms with Crippen LogP contribution in [-0.2, 0) is 9.59 Å². The fourth-order valence-corrected chi connectivity index (χ4v) is 5.95. The number of hydrogen-bond acceptors (Lipinski definition) is 4. The van der Waals surface area contributed by atoms with E-state index in [0.29, 0.717) is 22.1 Å². The van der Waals surface area contributed by atoms with Gasteiger partial charge in [-0.1, -0.05) is 36.4 Å². The number of carbonyl (C=O) groups is 4. The van der Waals surface area contributed by atoms with Gasteiger partial charge in [0, 0.05) is 42.1 Å². The molecule has 154 valence electrons. The highest BCUT2D eigenvalue weighted by Crippen LogP contribution is 2.47. The van der Waals surface area contributed by atoms with Gasteiger partial charge in [0.05, 0.1) is 5.92 Å². The van der Waals surface area contributed by atoms with Crippen molar-refractivity contribution >= 4 is 57.3 Å². The second-order valence-corrected chi connectivity index (χ2v) is 8.84. The molecule has 6 heteroatoms. The van der Waals surface area contributed by atoms with E-state index in [1.54, 1.807) is 12.1 Å². The van der Waals surface area contributed by atoms with Gasteiger partial charge in [-0.2, -0.15) is 0 Å². The Morgan fingerprint density at radius 1 is 0.750 bits per heavy atom. The van der Waals surface area contributed by atoms with Gasteiger partial charge in [-0.05, 0) is 44.6 Å². The van der Waals surface area contributed by atoms with Gasteiger partial charge in [0.25, 0.3) is 17.7 Å². The molecule has 2 aliphatic heterocycles. The number of imide groups is 2. The molecule has 2 aliphatic carbocycles. The maximum atomic E-state index is 12.9. The van der Waals surface area contributed by atoms with Crippen molar-refractivity contribution < 1.29 is 19.2 Å². The first-order valence-electron chi connectivity index (χ1n) is 10.5. The lowest BCUT2D eigenvalue weighted by atomic mass is 9.68. The monoisotopic (exact) mass is 420 g/mol. The van der Waals surface area contributed by atoms with Crippen LogP contribution in [-0.4, -0.2) is 47.5 Å². The predicted molar refractivity (Wildman–Crippen MR) is 119 cm³/mol. The molecule has 0 N–H and O–H groups in total. The molecule has 1 fully saturated rings. The third-order valence-electron chi connectivity index (χ3n) is 7.46. The molecular formula is C26H16N2O4. The number of likely N-dealkylation sites (N-methyl/N-ethyl adjacent to an activating group) is 1. The van der Waals surface area contributed by atoms with Crippen LogP contribution in [0.15, 0.2) is 42.0 Å². The van der Waals surface area contributed by atoms with Gasteiger partial charge < -0.3 is 0 Å². The zero-order valence-corrected chi connectivity index (χ0v) is 17.3. The van der Waals surface area contributed by atoms with Gasteiger partial charge in [0.2, 0.25) is 5.91 Å². The molecule has 0 saturated carbocycles. The average Bonchev–Trinajstić information content (AvgIpc) is 2.82. The van der Waals surface area contributed by atoms with Crippen molar-refractivity contribution in [1.82, 2.24) is 9.80 Å². The largest absolute Gasteiger partial charge is 0.281 e. The standard InChI is InChI=1S/C26H16N2O4/c1-27-23(29)15-7-3-11-13-5-9-17-22-18(26(32)28(2)25(17)31)10-6-14(20(13)22)12-4-8-16(24(27)30)21(15)19(11)12/h3-10,15,21H,1-2H3. The lowest BCUT2D eigenvalue weighted by molar-refractivity contribution is -0.145. The third-order valence-corrected chi connectivity index (χ3v) is 7.46. The van der Waals surface area contributed by atoms with Crippen molar-refractivity contribution in [1.29, 1.82) is 0 Å². The first kappa shape index (κ1) is 17.6. The summed E-state index contributed by atoms with van der Waals surface area (Å²) in [4.78, 5) is 53.8. The molecule has 4 amide bonds. The molecule has 3 aromatic rings. The zero-order valence-electron chi connectivity index (χ0n) is 17.3. The van der Waals surface area contributed by atoms with Crippen LogP contribution in [0.5, 0.6) is 0 Å². The van der Waals surface area contributed by atoms with Crippen molar-refractivity contribution in [3.63, 3.8) is 0 Å². The predicted octanol–water partition coefficient (Wildman–Crippen LogP) is 2.38. The third kappa shape index (κ3) is 1.75. The van der Waals surface area contributed by atoms with Crippen LogP contribution >= 0.6 is 0 Å². The van der Waals surface area contributed by atoms with Crippen LogP contribution in [0.3, 0.4) is 0 Å². The molecular weight excluding hydrogens is 404 g/mol. The van der Waals surface area contributed by atoms with E-state index in [-0.39, 0.29) is 29.5 Å². The van der Waals surface area contributed by atoms with Gasteiger partial charge >= 0.3 is 0 Å². The topological polar surface area (TPSA) is 74.8 Å². The Labute approximate surface area is 182 Å². The van der Waals surface area contributed by atoms with E-state index in [4.69, 9.17) is 0 Å². The summed E-state index contributed by atoms with van der Waals surface area (Å²) in [5, 5.41) is 4.36. The number of benzene rings is 3. The summed E-state index contributed by atoms with van der Waals surface area (Å²) < 4.78 is 0. The van der Waals surface area contributed by atoms with Gasteiger partial charge in [-0.3, -0.25) is 29.0 Å². The average molecular weight is 420 g/mol. The van der Waals surface area contributed by atoms with Crippen molar-refractivity contribution in [2.75, 3.05) is 14.1 Å². The van der Waals surface area contributed by atoms with Gasteiger partial charge in [0.15, 0.2) is 0 Å². The zero-order chi connectivity index (χ0) is 22.0. The van der Waals surface area contributed by atoms with E-state index in [2.05, 4.69) is 0 Å². The maximum absolute atomic E-state index is 12.9. The van der Waals surface area contributed by atoms with Gasteiger partial charge in [-0.15, -0.1) is 0 Å². The SMILES string of the molecule is CN1C(=O)c2ccc3c4c5c(c6ccc(c2c36)C1=O)=CC=C1C(=O)N(C)C(=O)C(C=C4)C15. The molecule has 32 heavy (non-hydrogen) atoms. The summed E-state index contributed by atoms with van der Waals surface area (Å²) in [6.45, 7) is 0. The minimum absolute atomic E-state index is 0.198. The summed E-state index contributed by atoms with van der Waals surface area (Å²) >= 11 is 0. The first-order valence-corrected chi connectivity index (χ1v) is 10.5. The Morgan fingerprint density at radius 2 is 1.44 bits per heavy atom. The van der Waals surface area contributed by atoms with Crippen LogP contribution < -0.4 is 5.22 Å². The molecule has 7 rings (SSSR count). The van der Waals surface area contributed by atoms with Crippen LogP contribution in [0, 0.1) is 5.92 Å².